The predicted molar refractivity (Wildman–Crippen MR) is 60.9 cm³/mol. The Hall–Kier alpha value is -1.06. The van der Waals surface area contributed by atoms with Gasteiger partial charge in [-0.2, -0.15) is 0 Å². The van der Waals surface area contributed by atoms with Gasteiger partial charge in [0.25, 0.3) is 0 Å². The van der Waals surface area contributed by atoms with Gasteiger partial charge in [0.05, 0.1) is 0 Å². The number of carboxylic acid groups (broad SMARTS) is 1. The van der Waals surface area contributed by atoms with E-state index < -0.39 is 12.0 Å². The molecule has 0 aromatic rings. The van der Waals surface area contributed by atoms with Gasteiger partial charge in [0.2, 0.25) is 5.91 Å². The zero-order valence-corrected chi connectivity index (χ0v) is 10.2. The molecule has 2 N–H and O–H groups in total. The molecule has 0 radical (unpaired) electrons. The van der Waals surface area contributed by atoms with Gasteiger partial charge in [0.15, 0.2) is 0 Å². The van der Waals surface area contributed by atoms with Crippen LogP contribution in [0.3, 0.4) is 0 Å². The van der Waals surface area contributed by atoms with Crippen LogP contribution < -0.4 is 5.32 Å². The zero-order chi connectivity index (χ0) is 12.3. The van der Waals surface area contributed by atoms with E-state index >= 15 is 0 Å². The highest BCUT2D eigenvalue weighted by Crippen LogP contribution is 2.36. The van der Waals surface area contributed by atoms with Crippen LogP contribution in [0, 0.1) is 17.8 Å². The fourth-order valence-electron chi connectivity index (χ4n) is 1.81. The van der Waals surface area contributed by atoms with Crippen LogP contribution in [-0.2, 0) is 9.59 Å². The van der Waals surface area contributed by atoms with E-state index in [1.54, 1.807) is 0 Å². The number of carboxylic acids is 1. The van der Waals surface area contributed by atoms with Crippen molar-refractivity contribution in [3.63, 3.8) is 0 Å². The van der Waals surface area contributed by atoms with Crippen LogP contribution in [0.15, 0.2) is 0 Å². The Morgan fingerprint density at radius 1 is 1.31 bits per heavy atom. The zero-order valence-electron chi connectivity index (χ0n) is 10.2. The van der Waals surface area contributed by atoms with Gasteiger partial charge in [0.1, 0.15) is 6.04 Å². The van der Waals surface area contributed by atoms with E-state index in [1.807, 2.05) is 20.8 Å². The first-order chi connectivity index (χ1) is 7.41. The maximum absolute atomic E-state index is 11.7. The van der Waals surface area contributed by atoms with E-state index in [0.717, 1.165) is 12.8 Å². The highest BCUT2D eigenvalue weighted by atomic mass is 16.4. The van der Waals surface area contributed by atoms with Gasteiger partial charge in [-0.1, -0.05) is 20.8 Å². The summed E-state index contributed by atoms with van der Waals surface area (Å²) < 4.78 is 0. The quantitative estimate of drug-likeness (QED) is 0.725. The topological polar surface area (TPSA) is 66.4 Å². The van der Waals surface area contributed by atoms with Gasteiger partial charge in [-0.05, 0) is 31.1 Å². The number of amides is 1. The number of carbonyl (C=O) groups excluding carboxylic acids is 1. The van der Waals surface area contributed by atoms with E-state index in [0.29, 0.717) is 12.3 Å². The van der Waals surface area contributed by atoms with E-state index in [4.69, 9.17) is 5.11 Å². The minimum atomic E-state index is -0.940. The van der Waals surface area contributed by atoms with E-state index in [2.05, 4.69) is 5.32 Å². The third-order valence-electron chi connectivity index (χ3n) is 3.06. The molecule has 0 aromatic heterocycles. The van der Waals surface area contributed by atoms with Crippen LogP contribution in [-0.4, -0.2) is 23.0 Å². The SMILES string of the molecule is CC(C)C[C@H](NC(=O)C(C)C1CC1)C(=O)O. The summed E-state index contributed by atoms with van der Waals surface area (Å²) in [7, 11) is 0. The maximum atomic E-state index is 11.7. The van der Waals surface area contributed by atoms with Crippen molar-refractivity contribution in [3.8, 4) is 0 Å². The molecule has 0 heterocycles. The van der Waals surface area contributed by atoms with Crippen molar-refractivity contribution >= 4 is 11.9 Å². The third-order valence-corrected chi connectivity index (χ3v) is 3.06. The lowest BCUT2D eigenvalue weighted by atomic mass is 10.0. The van der Waals surface area contributed by atoms with Crippen molar-refractivity contribution in [3.05, 3.63) is 0 Å². The van der Waals surface area contributed by atoms with Gasteiger partial charge in [-0.3, -0.25) is 4.79 Å². The van der Waals surface area contributed by atoms with Crippen molar-refractivity contribution in [2.75, 3.05) is 0 Å². The molecule has 92 valence electrons. The minimum Gasteiger partial charge on any atom is -0.480 e. The Morgan fingerprint density at radius 3 is 2.25 bits per heavy atom. The smallest absolute Gasteiger partial charge is 0.326 e. The van der Waals surface area contributed by atoms with Crippen LogP contribution in [0.5, 0.6) is 0 Å². The molecular weight excluding hydrogens is 206 g/mol. The molecule has 1 aliphatic carbocycles. The molecule has 0 spiro atoms. The summed E-state index contributed by atoms with van der Waals surface area (Å²) in [5.41, 5.74) is 0. The molecule has 0 saturated heterocycles. The molecule has 1 amide bonds. The average molecular weight is 227 g/mol. The molecular formula is C12H21NO3. The van der Waals surface area contributed by atoms with Gasteiger partial charge in [-0.15, -0.1) is 0 Å². The largest absolute Gasteiger partial charge is 0.480 e. The molecule has 0 bridgehead atoms. The van der Waals surface area contributed by atoms with Crippen LogP contribution in [0.25, 0.3) is 0 Å². The molecule has 4 nitrogen and oxygen atoms in total. The molecule has 0 aromatic carbocycles. The molecule has 16 heavy (non-hydrogen) atoms. The van der Waals surface area contributed by atoms with Crippen LogP contribution in [0.2, 0.25) is 0 Å². The van der Waals surface area contributed by atoms with Crippen molar-refractivity contribution in [1.29, 1.82) is 0 Å². The van der Waals surface area contributed by atoms with Crippen molar-refractivity contribution in [2.24, 2.45) is 17.8 Å². The molecule has 1 fully saturated rings. The van der Waals surface area contributed by atoms with Gasteiger partial charge < -0.3 is 10.4 Å². The van der Waals surface area contributed by atoms with Gasteiger partial charge in [-0.25, -0.2) is 4.79 Å². The monoisotopic (exact) mass is 227 g/mol. The molecule has 1 saturated carbocycles. The fraction of sp³-hybridized carbons (Fsp3) is 0.833. The van der Waals surface area contributed by atoms with E-state index in [9.17, 15) is 9.59 Å². The van der Waals surface area contributed by atoms with Crippen molar-refractivity contribution in [2.45, 2.75) is 46.1 Å². The van der Waals surface area contributed by atoms with Gasteiger partial charge >= 0.3 is 5.97 Å². The predicted octanol–water partition coefficient (Wildman–Crippen LogP) is 1.65. The summed E-state index contributed by atoms with van der Waals surface area (Å²) in [5.74, 6) is -0.374. The Bertz CT molecular complexity index is 271. The lowest BCUT2D eigenvalue weighted by Crippen LogP contribution is -2.44. The summed E-state index contributed by atoms with van der Waals surface area (Å²) in [6.45, 7) is 5.78. The average Bonchev–Trinajstić information content (AvgIpc) is 2.97. The second-order valence-corrected chi connectivity index (χ2v) is 5.16. The van der Waals surface area contributed by atoms with Gasteiger partial charge in [0, 0.05) is 5.92 Å². The number of aliphatic carboxylic acids is 1. The van der Waals surface area contributed by atoms with Crippen LogP contribution in [0.1, 0.15) is 40.0 Å². The summed E-state index contributed by atoms with van der Waals surface area (Å²) in [5, 5.41) is 11.6. The van der Waals surface area contributed by atoms with E-state index in [1.165, 1.54) is 0 Å². The molecule has 4 heteroatoms. The summed E-state index contributed by atoms with van der Waals surface area (Å²) in [6.07, 6.45) is 2.67. The normalized spacial score (nSPS) is 19.2. The van der Waals surface area contributed by atoms with Crippen LogP contribution in [0.4, 0.5) is 0 Å². The highest BCUT2D eigenvalue weighted by molar-refractivity contribution is 5.85. The summed E-state index contributed by atoms with van der Waals surface area (Å²) >= 11 is 0. The highest BCUT2D eigenvalue weighted by Gasteiger charge is 2.34. The Balaban J connectivity index is 2.46. The number of rotatable bonds is 6. The van der Waals surface area contributed by atoms with Crippen molar-refractivity contribution < 1.29 is 14.7 Å². The Morgan fingerprint density at radius 2 is 1.88 bits per heavy atom. The molecule has 1 aliphatic rings. The second kappa shape index (κ2) is 5.32. The number of carbonyl (C=O) groups is 2. The summed E-state index contributed by atoms with van der Waals surface area (Å²) in [6, 6.07) is -0.742. The van der Waals surface area contributed by atoms with Crippen molar-refractivity contribution in [1.82, 2.24) is 5.32 Å². The molecule has 0 aliphatic heterocycles. The first-order valence-corrected chi connectivity index (χ1v) is 5.95. The lowest BCUT2D eigenvalue weighted by molar-refractivity contribution is -0.143. The molecule has 2 atom stereocenters. The lowest BCUT2D eigenvalue weighted by Gasteiger charge is -2.19. The maximum Gasteiger partial charge on any atom is 0.326 e. The first kappa shape index (κ1) is 13.0. The Kier molecular flexibility index (Phi) is 4.33. The van der Waals surface area contributed by atoms with Crippen LogP contribution >= 0.6 is 0 Å². The summed E-state index contributed by atoms with van der Waals surface area (Å²) in [4.78, 5) is 22.7. The molecule has 1 rings (SSSR count). The number of hydrogen-bond acceptors (Lipinski definition) is 2. The minimum absolute atomic E-state index is 0.0472. The Labute approximate surface area is 96.4 Å². The standard InChI is InChI=1S/C12H21NO3/c1-7(2)6-10(12(15)16)13-11(14)8(3)9-4-5-9/h7-10H,4-6H2,1-3H3,(H,13,14)(H,15,16)/t8?,10-/m0/s1. The van der Waals surface area contributed by atoms with E-state index in [-0.39, 0.29) is 17.7 Å². The number of hydrogen-bond donors (Lipinski definition) is 2. The number of nitrogens with one attached hydrogen (secondary N) is 1. The third kappa shape index (κ3) is 3.83. The molecule has 1 unspecified atom stereocenters. The first-order valence-electron chi connectivity index (χ1n) is 5.95. The second-order valence-electron chi connectivity index (χ2n) is 5.16. The fourth-order valence-corrected chi connectivity index (χ4v) is 1.81.